The summed E-state index contributed by atoms with van der Waals surface area (Å²) in [7, 11) is 0. The van der Waals surface area contributed by atoms with Crippen LogP contribution in [0, 0.1) is 0 Å². The third-order valence-electron chi connectivity index (χ3n) is 4.04. The molecule has 2 aromatic rings. The van der Waals surface area contributed by atoms with Crippen LogP contribution in [-0.2, 0) is 0 Å². The third-order valence-corrected chi connectivity index (χ3v) is 4.04. The SMILES string of the molecule is CC(C)=CCOc1ccc(C(=O)/C=C/c2ccccc2OCC=C(C)C)c(O)c1. The lowest BCUT2D eigenvalue weighted by atomic mass is 10.1. The van der Waals surface area contributed by atoms with Gasteiger partial charge in [0.25, 0.3) is 0 Å². The largest absolute Gasteiger partial charge is 0.507 e. The second-order valence-electron chi connectivity index (χ2n) is 7.10. The molecule has 0 aliphatic heterocycles. The Morgan fingerprint density at radius 2 is 1.59 bits per heavy atom. The molecule has 1 N–H and O–H groups in total. The number of benzene rings is 2. The molecule has 0 bridgehead atoms. The van der Waals surface area contributed by atoms with Crippen molar-refractivity contribution in [2.24, 2.45) is 0 Å². The zero-order valence-corrected chi connectivity index (χ0v) is 17.4. The van der Waals surface area contributed by atoms with Crippen LogP contribution in [0.15, 0.2) is 71.8 Å². The molecule has 0 aliphatic rings. The Hall–Kier alpha value is -3.27. The van der Waals surface area contributed by atoms with Crippen molar-refractivity contribution in [2.45, 2.75) is 27.7 Å². The summed E-state index contributed by atoms with van der Waals surface area (Å²) in [6.07, 6.45) is 7.06. The van der Waals surface area contributed by atoms with Gasteiger partial charge in [-0.3, -0.25) is 4.79 Å². The molecule has 0 saturated heterocycles. The lowest BCUT2D eigenvalue weighted by Crippen LogP contribution is -1.98. The molecule has 2 aromatic carbocycles. The van der Waals surface area contributed by atoms with Crippen molar-refractivity contribution in [3.63, 3.8) is 0 Å². The van der Waals surface area contributed by atoms with Gasteiger partial charge in [-0.05, 0) is 70.2 Å². The Bertz CT molecular complexity index is 928. The summed E-state index contributed by atoms with van der Waals surface area (Å²) in [6, 6.07) is 12.2. The van der Waals surface area contributed by atoms with Crippen molar-refractivity contribution >= 4 is 11.9 Å². The van der Waals surface area contributed by atoms with E-state index in [9.17, 15) is 9.90 Å². The minimum Gasteiger partial charge on any atom is -0.507 e. The van der Waals surface area contributed by atoms with Crippen molar-refractivity contribution in [1.82, 2.24) is 0 Å². The van der Waals surface area contributed by atoms with Crippen LogP contribution < -0.4 is 9.47 Å². The van der Waals surface area contributed by atoms with Gasteiger partial charge < -0.3 is 14.6 Å². The van der Waals surface area contributed by atoms with Gasteiger partial charge in [0.15, 0.2) is 5.78 Å². The van der Waals surface area contributed by atoms with Gasteiger partial charge in [-0.2, -0.15) is 0 Å². The highest BCUT2D eigenvalue weighted by atomic mass is 16.5. The van der Waals surface area contributed by atoms with Gasteiger partial charge in [-0.25, -0.2) is 0 Å². The molecule has 152 valence electrons. The molecule has 4 nitrogen and oxygen atoms in total. The summed E-state index contributed by atoms with van der Waals surface area (Å²) in [5.41, 5.74) is 3.34. The number of carbonyl (C=O) groups excluding carboxylic acids is 1. The van der Waals surface area contributed by atoms with E-state index < -0.39 is 0 Å². The summed E-state index contributed by atoms with van der Waals surface area (Å²) in [5.74, 6) is 0.805. The molecule has 0 radical (unpaired) electrons. The average molecular weight is 392 g/mol. The molecule has 0 spiro atoms. The van der Waals surface area contributed by atoms with E-state index in [1.165, 1.54) is 17.7 Å². The van der Waals surface area contributed by atoms with Crippen LogP contribution in [0.25, 0.3) is 6.08 Å². The highest BCUT2D eigenvalue weighted by Crippen LogP contribution is 2.25. The standard InChI is InChI=1S/C25H28O4/c1-18(2)13-15-28-21-10-11-22(24(27)17-21)23(26)12-9-20-7-5-6-8-25(20)29-16-14-19(3)4/h5-14,17,27H,15-16H2,1-4H3/b12-9+. The predicted octanol–water partition coefficient (Wildman–Crippen LogP) is 5.98. The van der Waals surface area contributed by atoms with Crippen LogP contribution >= 0.6 is 0 Å². The maximum atomic E-state index is 12.5. The monoisotopic (exact) mass is 392 g/mol. The molecule has 0 fully saturated rings. The van der Waals surface area contributed by atoms with E-state index >= 15 is 0 Å². The molecule has 0 heterocycles. The van der Waals surface area contributed by atoms with E-state index in [0.29, 0.717) is 24.7 Å². The van der Waals surface area contributed by atoms with Crippen LogP contribution in [0.1, 0.15) is 43.6 Å². The molecule has 0 atom stereocenters. The lowest BCUT2D eigenvalue weighted by Gasteiger charge is -2.08. The molecular formula is C25H28O4. The summed E-state index contributed by atoms with van der Waals surface area (Å²) in [5, 5.41) is 10.2. The molecular weight excluding hydrogens is 364 g/mol. The molecule has 4 heteroatoms. The van der Waals surface area contributed by atoms with E-state index in [-0.39, 0.29) is 17.1 Å². The number of ketones is 1. The van der Waals surface area contributed by atoms with Crippen molar-refractivity contribution < 1.29 is 19.4 Å². The first kappa shape index (κ1) is 22.0. The zero-order valence-electron chi connectivity index (χ0n) is 17.4. The first-order valence-corrected chi connectivity index (χ1v) is 9.53. The second kappa shape index (κ2) is 10.9. The Balaban J connectivity index is 2.09. The highest BCUT2D eigenvalue weighted by molar-refractivity contribution is 6.08. The second-order valence-corrected chi connectivity index (χ2v) is 7.10. The predicted molar refractivity (Wildman–Crippen MR) is 118 cm³/mol. The van der Waals surface area contributed by atoms with Crippen LogP contribution in [0.2, 0.25) is 0 Å². The summed E-state index contributed by atoms with van der Waals surface area (Å²) >= 11 is 0. The van der Waals surface area contributed by atoms with Gasteiger partial charge in [-0.15, -0.1) is 0 Å². The fraction of sp³-hybridized carbons (Fsp3) is 0.240. The number of carbonyl (C=O) groups is 1. The molecule has 2 rings (SSSR count). The number of para-hydroxylation sites is 1. The Labute approximate surface area is 172 Å². The third kappa shape index (κ3) is 7.34. The van der Waals surface area contributed by atoms with Crippen molar-refractivity contribution in [2.75, 3.05) is 13.2 Å². The van der Waals surface area contributed by atoms with Crippen LogP contribution in [0.4, 0.5) is 0 Å². The number of hydrogen-bond donors (Lipinski definition) is 1. The minimum atomic E-state index is -0.294. The molecule has 0 aliphatic carbocycles. The smallest absolute Gasteiger partial charge is 0.189 e. The van der Waals surface area contributed by atoms with Gasteiger partial charge in [0, 0.05) is 11.6 Å². The van der Waals surface area contributed by atoms with E-state index in [1.54, 1.807) is 18.2 Å². The van der Waals surface area contributed by atoms with E-state index in [1.807, 2.05) is 64.1 Å². The van der Waals surface area contributed by atoms with Crippen molar-refractivity contribution in [3.05, 3.63) is 83.0 Å². The molecule has 0 unspecified atom stereocenters. The molecule has 0 aromatic heterocycles. The Morgan fingerprint density at radius 3 is 2.24 bits per heavy atom. The van der Waals surface area contributed by atoms with Gasteiger partial charge >= 0.3 is 0 Å². The minimum absolute atomic E-state index is 0.109. The summed E-state index contributed by atoms with van der Waals surface area (Å²) < 4.78 is 11.3. The van der Waals surface area contributed by atoms with Crippen LogP contribution in [-0.4, -0.2) is 24.1 Å². The quantitative estimate of drug-likeness (QED) is 0.324. The van der Waals surface area contributed by atoms with Crippen LogP contribution in [0.5, 0.6) is 17.2 Å². The topological polar surface area (TPSA) is 55.8 Å². The number of ether oxygens (including phenoxy) is 2. The number of phenolic OH excluding ortho intramolecular Hbond substituents is 1. The van der Waals surface area contributed by atoms with Gasteiger partial charge in [0.1, 0.15) is 30.5 Å². The summed E-state index contributed by atoms with van der Waals surface area (Å²) in [6.45, 7) is 8.88. The number of phenols is 1. The molecule has 0 amide bonds. The average Bonchev–Trinajstić information content (AvgIpc) is 2.66. The number of allylic oxidation sites excluding steroid dienone is 3. The van der Waals surface area contributed by atoms with Crippen molar-refractivity contribution in [1.29, 1.82) is 0 Å². The van der Waals surface area contributed by atoms with Gasteiger partial charge in [-0.1, -0.05) is 29.3 Å². The number of aromatic hydroxyl groups is 1. The fourth-order valence-corrected chi connectivity index (χ4v) is 2.42. The maximum Gasteiger partial charge on any atom is 0.189 e. The fourth-order valence-electron chi connectivity index (χ4n) is 2.42. The summed E-state index contributed by atoms with van der Waals surface area (Å²) in [4.78, 5) is 12.5. The Morgan fingerprint density at radius 1 is 0.931 bits per heavy atom. The maximum absolute atomic E-state index is 12.5. The first-order valence-electron chi connectivity index (χ1n) is 9.53. The highest BCUT2D eigenvalue weighted by Gasteiger charge is 2.10. The first-order chi connectivity index (χ1) is 13.9. The molecule has 29 heavy (non-hydrogen) atoms. The van der Waals surface area contributed by atoms with Crippen molar-refractivity contribution in [3.8, 4) is 17.2 Å². The number of hydrogen-bond acceptors (Lipinski definition) is 4. The van der Waals surface area contributed by atoms with E-state index in [0.717, 1.165) is 11.1 Å². The normalized spacial score (nSPS) is 10.5. The molecule has 0 saturated carbocycles. The zero-order chi connectivity index (χ0) is 21.2. The van der Waals surface area contributed by atoms with Gasteiger partial charge in [0.05, 0.1) is 5.56 Å². The van der Waals surface area contributed by atoms with Gasteiger partial charge in [0.2, 0.25) is 0 Å². The lowest BCUT2D eigenvalue weighted by molar-refractivity contribution is 0.104. The Kier molecular flexibility index (Phi) is 8.28. The van der Waals surface area contributed by atoms with E-state index in [4.69, 9.17) is 9.47 Å². The van der Waals surface area contributed by atoms with Crippen LogP contribution in [0.3, 0.4) is 0 Å². The number of rotatable bonds is 9. The van der Waals surface area contributed by atoms with E-state index in [2.05, 4.69) is 0 Å².